The van der Waals surface area contributed by atoms with Gasteiger partial charge in [-0.25, -0.2) is 0 Å². The van der Waals surface area contributed by atoms with Gasteiger partial charge in [-0.1, -0.05) is 0 Å². The molecule has 0 atom stereocenters. The normalized spacial score (nSPS) is 17.9. The molecule has 90 valence electrons. The number of nitrogens with zero attached hydrogens (tertiary/aromatic N) is 4. The molecule has 0 saturated carbocycles. The van der Waals surface area contributed by atoms with Gasteiger partial charge in [-0.2, -0.15) is 13.2 Å². The van der Waals surface area contributed by atoms with Crippen molar-refractivity contribution in [2.75, 3.05) is 6.54 Å². The molecule has 0 amide bonds. The molecule has 2 heterocycles. The van der Waals surface area contributed by atoms with E-state index in [4.69, 9.17) is 0 Å². The quantitative estimate of drug-likeness (QED) is 0.738. The van der Waals surface area contributed by atoms with E-state index in [0.29, 0.717) is 31.5 Å². The lowest BCUT2D eigenvalue weighted by Gasteiger charge is -2.30. The van der Waals surface area contributed by atoms with Crippen LogP contribution in [0.5, 0.6) is 0 Å². The SMILES string of the molecule is CC(C)N1CCn2c(nnc2C(F)(F)F)C1. The van der Waals surface area contributed by atoms with Crippen molar-refractivity contribution in [3.05, 3.63) is 11.6 Å². The highest BCUT2D eigenvalue weighted by molar-refractivity contribution is 5.02. The zero-order chi connectivity index (χ0) is 11.9. The summed E-state index contributed by atoms with van der Waals surface area (Å²) in [5, 5.41) is 6.83. The second-order valence-corrected chi connectivity index (χ2v) is 4.15. The van der Waals surface area contributed by atoms with Crippen LogP contribution in [-0.4, -0.2) is 32.3 Å². The van der Waals surface area contributed by atoms with E-state index in [1.54, 1.807) is 0 Å². The highest BCUT2D eigenvalue weighted by Crippen LogP contribution is 2.29. The van der Waals surface area contributed by atoms with Crippen molar-refractivity contribution < 1.29 is 13.2 Å². The first-order valence-electron chi connectivity index (χ1n) is 5.13. The van der Waals surface area contributed by atoms with E-state index in [0.717, 1.165) is 0 Å². The van der Waals surface area contributed by atoms with Gasteiger partial charge in [-0.15, -0.1) is 10.2 Å². The van der Waals surface area contributed by atoms with Crippen LogP contribution in [0.15, 0.2) is 0 Å². The van der Waals surface area contributed by atoms with Crippen LogP contribution >= 0.6 is 0 Å². The number of rotatable bonds is 1. The van der Waals surface area contributed by atoms with Crippen LogP contribution in [0, 0.1) is 0 Å². The summed E-state index contributed by atoms with van der Waals surface area (Å²) in [5.41, 5.74) is 0. The smallest absolute Gasteiger partial charge is 0.305 e. The first-order chi connectivity index (χ1) is 7.39. The molecule has 0 aromatic carbocycles. The minimum Gasteiger partial charge on any atom is -0.305 e. The van der Waals surface area contributed by atoms with Crippen LogP contribution in [0.3, 0.4) is 0 Å². The lowest BCUT2D eigenvalue weighted by molar-refractivity contribution is -0.148. The summed E-state index contributed by atoms with van der Waals surface area (Å²) in [7, 11) is 0. The second-order valence-electron chi connectivity index (χ2n) is 4.15. The molecule has 0 fully saturated rings. The molecule has 1 aliphatic heterocycles. The van der Waals surface area contributed by atoms with Crippen LogP contribution in [0.2, 0.25) is 0 Å². The average molecular weight is 234 g/mol. The first kappa shape index (κ1) is 11.4. The minimum atomic E-state index is -4.41. The number of halogens is 3. The number of fused-ring (bicyclic) bond motifs is 1. The second kappa shape index (κ2) is 3.73. The summed E-state index contributed by atoms with van der Waals surface area (Å²) in [5.74, 6) is -0.488. The van der Waals surface area contributed by atoms with E-state index >= 15 is 0 Å². The van der Waals surface area contributed by atoms with Gasteiger partial charge in [0.25, 0.3) is 0 Å². The Bertz CT molecular complexity index is 383. The lowest BCUT2D eigenvalue weighted by atomic mass is 10.2. The van der Waals surface area contributed by atoms with Crippen LogP contribution in [0.4, 0.5) is 13.2 Å². The van der Waals surface area contributed by atoms with E-state index in [9.17, 15) is 13.2 Å². The Hall–Kier alpha value is -1.11. The highest BCUT2D eigenvalue weighted by Gasteiger charge is 2.39. The molecule has 0 radical (unpaired) electrons. The molecule has 0 N–H and O–H groups in total. The van der Waals surface area contributed by atoms with Crippen molar-refractivity contribution in [3.63, 3.8) is 0 Å². The Morgan fingerprint density at radius 3 is 2.44 bits per heavy atom. The maximum Gasteiger partial charge on any atom is 0.451 e. The van der Waals surface area contributed by atoms with Crippen LogP contribution in [-0.2, 0) is 19.3 Å². The minimum absolute atomic E-state index is 0.301. The monoisotopic (exact) mass is 234 g/mol. The summed E-state index contributed by atoms with van der Waals surface area (Å²) < 4.78 is 38.7. The van der Waals surface area contributed by atoms with Gasteiger partial charge in [0.1, 0.15) is 5.82 Å². The molecule has 0 saturated heterocycles. The van der Waals surface area contributed by atoms with Crippen LogP contribution in [0.1, 0.15) is 25.5 Å². The topological polar surface area (TPSA) is 34.0 Å². The molecule has 0 bridgehead atoms. The van der Waals surface area contributed by atoms with E-state index in [1.165, 1.54) is 4.57 Å². The summed E-state index contributed by atoms with van der Waals surface area (Å²) in [6.45, 7) is 5.36. The molecule has 1 aliphatic rings. The maximum absolute atomic E-state index is 12.5. The van der Waals surface area contributed by atoms with Gasteiger partial charge in [0.2, 0.25) is 5.82 Å². The van der Waals surface area contributed by atoms with Crippen molar-refractivity contribution in [1.82, 2.24) is 19.7 Å². The average Bonchev–Trinajstić information content (AvgIpc) is 2.58. The Morgan fingerprint density at radius 2 is 1.88 bits per heavy atom. The summed E-state index contributed by atoms with van der Waals surface area (Å²) >= 11 is 0. The van der Waals surface area contributed by atoms with Gasteiger partial charge in [0, 0.05) is 19.1 Å². The van der Waals surface area contributed by atoms with Gasteiger partial charge < -0.3 is 4.57 Å². The van der Waals surface area contributed by atoms with Crippen molar-refractivity contribution in [2.45, 2.75) is 39.2 Å². The van der Waals surface area contributed by atoms with Crippen molar-refractivity contribution in [2.24, 2.45) is 0 Å². The largest absolute Gasteiger partial charge is 0.451 e. The Kier molecular flexibility index (Phi) is 2.65. The fourth-order valence-electron chi connectivity index (χ4n) is 1.83. The number of hydrogen-bond acceptors (Lipinski definition) is 3. The third kappa shape index (κ3) is 1.91. The van der Waals surface area contributed by atoms with Gasteiger partial charge in [-0.05, 0) is 13.8 Å². The third-order valence-electron chi connectivity index (χ3n) is 2.77. The molecule has 7 heteroatoms. The number of hydrogen-bond donors (Lipinski definition) is 0. The van der Waals surface area contributed by atoms with E-state index in [-0.39, 0.29) is 0 Å². The Balaban J connectivity index is 2.27. The highest BCUT2D eigenvalue weighted by atomic mass is 19.4. The molecule has 4 nitrogen and oxygen atoms in total. The molecular formula is C9H13F3N4. The zero-order valence-corrected chi connectivity index (χ0v) is 9.12. The molecule has 1 aromatic heterocycles. The van der Waals surface area contributed by atoms with E-state index in [1.807, 2.05) is 13.8 Å². The van der Waals surface area contributed by atoms with Crippen molar-refractivity contribution in [3.8, 4) is 0 Å². The fraction of sp³-hybridized carbons (Fsp3) is 0.778. The van der Waals surface area contributed by atoms with Gasteiger partial charge in [0.05, 0.1) is 6.54 Å². The predicted molar refractivity (Wildman–Crippen MR) is 50.6 cm³/mol. The standard InChI is InChI=1S/C9H13F3N4/c1-6(2)15-3-4-16-7(5-15)13-14-8(16)9(10,11)12/h6H,3-5H2,1-2H3. The van der Waals surface area contributed by atoms with Crippen LogP contribution < -0.4 is 0 Å². The number of alkyl halides is 3. The molecule has 16 heavy (non-hydrogen) atoms. The summed E-state index contributed by atoms with van der Waals surface area (Å²) in [6, 6.07) is 0.305. The van der Waals surface area contributed by atoms with Gasteiger partial charge >= 0.3 is 6.18 Å². The van der Waals surface area contributed by atoms with Gasteiger partial charge in [-0.3, -0.25) is 4.90 Å². The summed E-state index contributed by atoms with van der Waals surface area (Å²) in [4.78, 5) is 2.07. The Labute approximate surface area is 91.1 Å². The number of aromatic nitrogens is 3. The molecule has 2 rings (SSSR count). The van der Waals surface area contributed by atoms with E-state index in [2.05, 4.69) is 15.1 Å². The zero-order valence-electron chi connectivity index (χ0n) is 9.12. The molecule has 0 spiro atoms. The summed E-state index contributed by atoms with van der Waals surface area (Å²) in [6.07, 6.45) is -4.41. The van der Waals surface area contributed by atoms with E-state index < -0.39 is 12.0 Å². The maximum atomic E-state index is 12.5. The molecular weight excluding hydrogens is 221 g/mol. The fourth-order valence-corrected chi connectivity index (χ4v) is 1.83. The van der Waals surface area contributed by atoms with Crippen molar-refractivity contribution in [1.29, 1.82) is 0 Å². The first-order valence-corrected chi connectivity index (χ1v) is 5.13. The third-order valence-corrected chi connectivity index (χ3v) is 2.77. The lowest BCUT2D eigenvalue weighted by Crippen LogP contribution is -2.39. The molecule has 0 unspecified atom stereocenters. The van der Waals surface area contributed by atoms with Gasteiger partial charge in [0.15, 0.2) is 0 Å². The molecule has 1 aromatic rings. The predicted octanol–water partition coefficient (Wildman–Crippen LogP) is 1.52. The Morgan fingerprint density at radius 1 is 1.19 bits per heavy atom. The van der Waals surface area contributed by atoms with Crippen molar-refractivity contribution >= 4 is 0 Å². The van der Waals surface area contributed by atoms with Crippen LogP contribution in [0.25, 0.3) is 0 Å². The molecule has 0 aliphatic carbocycles.